The summed E-state index contributed by atoms with van der Waals surface area (Å²) in [7, 11) is 3.21. The van der Waals surface area contributed by atoms with Crippen molar-refractivity contribution in [1.82, 2.24) is 5.32 Å². The van der Waals surface area contributed by atoms with Crippen LogP contribution >= 0.6 is 0 Å². The van der Waals surface area contributed by atoms with Crippen molar-refractivity contribution in [3.63, 3.8) is 0 Å². The molecule has 1 aromatic rings. The molecule has 1 atom stereocenters. The molecule has 0 fully saturated rings. The number of fused-ring (bicyclic) bond motifs is 1. The standard InChI is InChI=1S/C13H15NO3/c1-16-12-6-9-3-4-14-11(8-15)5-10(9)7-13(12)17-2/h3-4,6-8,11,14H,5H2,1-2H3. The van der Waals surface area contributed by atoms with Crippen molar-refractivity contribution in [3.8, 4) is 11.5 Å². The van der Waals surface area contributed by atoms with Crippen LogP contribution in [0.1, 0.15) is 11.1 Å². The second-order valence-electron chi connectivity index (χ2n) is 3.85. The maximum Gasteiger partial charge on any atom is 0.161 e. The molecule has 1 N–H and O–H groups in total. The van der Waals surface area contributed by atoms with Crippen molar-refractivity contribution in [2.45, 2.75) is 12.5 Å². The van der Waals surface area contributed by atoms with Gasteiger partial charge in [0.1, 0.15) is 6.29 Å². The molecule has 0 radical (unpaired) electrons. The van der Waals surface area contributed by atoms with Crippen LogP contribution in [0.3, 0.4) is 0 Å². The Balaban J connectivity index is 2.45. The molecule has 90 valence electrons. The molecule has 1 aliphatic rings. The number of hydrogen-bond acceptors (Lipinski definition) is 4. The van der Waals surface area contributed by atoms with Crippen molar-refractivity contribution in [2.24, 2.45) is 0 Å². The molecule has 0 spiro atoms. The molecule has 4 heteroatoms. The zero-order valence-corrected chi connectivity index (χ0v) is 9.90. The molecule has 0 aromatic heterocycles. The first-order valence-corrected chi connectivity index (χ1v) is 5.41. The van der Waals surface area contributed by atoms with E-state index in [-0.39, 0.29) is 6.04 Å². The number of benzene rings is 1. The lowest BCUT2D eigenvalue weighted by Gasteiger charge is -2.13. The highest BCUT2D eigenvalue weighted by Gasteiger charge is 2.15. The predicted molar refractivity (Wildman–Crippen MR) is 65.3 cm³/mol. The fourth-order valence-corrected chi connectivity index (χ4v) is 1.91. The van der Waals surface area contributed by atoms with Gasteiger partial charge in [-0.3, -0.25) is 0 Å². The van der Waals surface area contributed by atoms with Crippen LogP contribution in [0.25, 0.3) is 6.08 Å². The third-order valence-corrected chi connectivity index (χ3v) is 2.82. The zero-order valence-electron chi connectivity index (χ0n) is 9.90. The molecule has 0 amide bonds. The minimum absolute atomic E-state index is 0.189. The van der Waals surface area contributed by atoms with Gasteiger partial charge in [0.2, 0.25) is 0 Å². The minimum Gasteiger partial charge on any atom is -0.493 e. The molecule has 0 saturated carbocycles. The topological polar surface area (TPSA) is 47.6 Å². The van der Waals surface area contributed by atoms with E-state index in [4.69, 9.17) is 9.47 Å². The Bertz CT molecular complexity index is 454. The van der Waals surface area contributed by atoms with E-state index in [0.29, 0.717) is 17.9 Å². The highest BCUT2D eigenvalue weighted by Crippen LogP contribution is 2.32. The second-order valence-corrected chi connectivity index (χ2v) is 3.85. The largest absolute Gasteiger partial charge is 0.493 e. The third kappa shape index (κ3) is 2.25. The Morgan fingerprint density at radius 1 is 1.29 bits per heavy atom. The van der Waals surface area contributed by atoms with Gasteiger partial charge in [0.05, 0.1) is 20.3 Å². The molecular formula is C13H15NO3. The lowest BCUT2D eigenvalue weighted by atomic mass is 10.0. The lowest BCUT2D eigenvalue weighted by molar-refractivity contribution is -0.109. The Morgan fingerprint density at radius 3 is 2.65 bits per heavy atom. The van der Waals surface area contributed by atoms with Gasteiger partial charge in [-0.2, -0.15) is 0 Å². The lowest BCUT2D eigenvalue weighted by Crippen LogP contribution is -2.27. The number of rotatable bonds is 3. The van der Waals surface area contributed by atoms with E-state index in [9.17, 15) is 4.79 Å². The Labute approximate surface area is 100 Å². The molecule has 1 heterocycles. The van der Waals surface area contributed by atoms with E-state index in [0.717, 1.165) is 17.4 Å². The first kappa shape index (κ1) is 11.5. The summed E-state index contributed by atoms with van der Waals surface area (Å²) in [6, 6.07) is 3.65. The van der Waals surface area contributed by atoms with Gasteiger partial charge < -0.3 is 19.6 Å². The predicted octanol–water partition coefficient (Wildman–Crippen LogP) is 1.39. The Hall–Kier alpha value is -1.97. The molecule has 4 nitrogen and oxygen atoms in total. The van der Waals surface area contributed by atoms with Crippen LogP contribution in [-0.4, -0.2) is 26.5 Å². The van der Waals surface area contributed by atoms with E-state index in [1.54, 1.807) is 20.4 Å². The summed E-state index contributed by atoms with van der Waals surface area (Å²) in [4.78, 5) is 10.8. The SMILES string of the molecule is COc1cc2c(cc1OC)CC(C=O)NC=C2. The number of carbonyl (C=O) groups is 1. The van der Waals surface area contributed by atoms with Gasteiger partial charge in [-0.25, -0.2) is 0 Å². The van der Waals surface area contributed by atoms with E-state index >= 15 is 0 Å². The van der Waals surface area contributed by atoms with Crippen molar-refractivity contribution in [2.75, 3.05) is 14.2 Å². The fourth-order valence-electron chi connectivity index (χ4n) is 1.91. The summed E-state index contributed by atoms with van der Waals surface area (Å²) in [5.74, 6) is 1.38. The van der Waals surface area contributed by atoms with Crippen molar-refractivity contribution >= 4 is 12.4 Å². The first-order valence-electron chi connectivity index (χ1n) is 5.41. The van der Waals surface area contributed by atoms with Crippen LogP contribution in [0, 0.1) is 0 Å². The van der Waals surface area contributed by atoms with Gasteiger partial charge in [0, 0.05) is 6.42 Å². The van der Waals surface area contributed by atoms with Gasteiger partial charge in [0.15, 0.2) is 11.5 Å². The molecule has 1 aliphatic heterocycles. The molecule has 0 aliphatic carbocycles. The number of ether oxygens (including phenoxy) is 2. The monoisotopic (exact) mass is 233 g/mol. The molecule has 1 unspecified atom stereocenters. The Morgan fingerprint density at radius 2 is 2.00 bits per heavy atom. The summed E-state index contributed by atoms with van der Waals surface area (Å²) in [6.07, 6.45) is 5.28. The smallest absolute Gasteiger partial charge is 0.161 e. The van der Waals surface area contributed by atoms with Crippen LogP contribution in [0.2, 0.25) is 0 Å². The molecule has 0 bridgehead atoms. The average Bonchev–Trinajstić information content (AvgIpc) is 2.57. The summed E-state index contributed by atoms with van der Waals surface area (Å²) in [5, 5.41) is 3.02. The number of aldehydes is 1. The summed E-state index contributed by atoms with van der Waals surface area (Å²) >= 11 is 0. The molecule has 1 aromatic carbocycles. The van der Waals surface area contributed by atoms with E-state index in [2.05, 4.69) is 5.32 Å². The van der Waals surface area contributed by atoms with E-state index in [1.807, 2.05) is 18.2 Å². The molecular weight excluding hydrogens is 218 g/mol. The molecule has 0 saturated heterocycles. The van der Waals surface area contributed by atoms with Crippen molar-refractivity contribution in [1.29, 1.82) is 0 Å². The molecule has 2 rings (SSSR count). The first-order chi connectivity index (χ1) is 8.28. The quantitative estimate of drug-likeness (QED) is 0.801. The second kappa shape index (κ2) is 4.91. The van der Waals surface area contributed by atoms with Gasteiger partial charge >= 0.3 is 0 Å². The van der Waals surface area contributed by atoms with Crippen LogP contribution in [0.5, 0.6) is 11.5 Å². The van der Waals surface area contributed by atoms with Crippen LogP contribution in [0.4, 0.5) is 0 Å². The maximum atomic E-state index is 10.8. The van der Waals surface area contributed by atoms with E-state index < -0.39 is 0 Å². The number of methoxy groups -OCH3 is 2. The molecule has 17 heavy (non-hydrogen) atoms. The van der Waals surface area contributed by atoms with E-state index in [1.165, 1.54) is 0 Å². The Kier molecular flexibility index (Phi) is 3.32. The van der Waals surface area contributed by atoms with Crippen LogP contribution in [0.15, 0.2) is 18.3 Å². The van der Waals surface area contributed by atoms with Crippen molar-refractivity contribution in [3.05, 3.63) is 29.5 Å². The van der Waals surface area contributed by atoms with Crippen LogP contribution in [-0.2, 0) is 11.2 Å². The number of hydrogen-bond donors (Lipinski definition) is 1. The third-order valence-electron chi connectivity index (χ3n) is 2.82. The summed E-state index contributed by atoms with van der Waals surface area (Å²) in [5.41, 5.74) is 2.11. The minimum atomic E-state index is -0.189. The fraction of sp³-hybridized carbons (Fsp3) is 0.308. The number of nitrogens with one attached hydrogen (secondary N) is 1. The maximum absolute atomic E-state index is 10.8. The van der Waals surface area contributed by atoms with Gasteiger partial charge in [-0.1, -0.05) is 0 Å². The highest BCUT2D eigenvalue weighted by molar-refractivity contribution is 5.66. The zero-order chi connectivity index (χ0) is 12.3. The average molecular weight is 233 g/mol. The highest BCUT2D eigenvalue weighted by atomic mass is 16.5. The van der Waals surface area contributed by atoms with Crippen LogP contribution < -0.4 is 14.8 Å². The van der Waals surface area contributed by atoms with Gasteiger partial charge in [0.25, 0.3) is 0 Å². The summed E-state index contributed by atoms with van der Waals surface area (Å²) < 4.78 is 10.5. The summed E-state index contributed by atoms with van der Waals surface area (Å²) in [6.45, 7) is 0. The van der Waals surface area contributed by atoms with Gasteiger partial charge in [-0.05, 0) is 35.5 Å². The van der Waals surface area contributed by atoms with Gasteiger partial charge in [-0.15, -0.1) is 0 Å². The normalized spacial score (nSPS) is 17.6. The number of carbonyl (C=O) groups excluding carboxylic acids is 1. The van der Waals surface area contributed by atoms with Crippen molar-refractivity contribution < 1.29 is 14.3 Å².